The van der Waals surface area contributed by atoms with Crippen molar-refractivity contribution in [1.29, 1.82) is 0 Å². The van der Waals surface area contributed by atoms with Crippen LogP contribution in [0.2, 0.25) is 0 Å². The van der Waals surface area contributed by atoms with Gasteiger partial charge in [0.1, 0.15) is 10.7 Å². The monoisotopic (exact) mass is 405 g/mol. The SMILES string of the molecule is CCSc1cncc(S(=O)(=O)n2cc(CNC)cc2-c2ccccc2F)c1. The Labute approximate surface area is 162 Å². The summed E-state index contributed by atoms with van der Waals surface area (Å²) in [5.74, 6) is 0.332. The summed E-state index contributed by atoms with van der Waals surface area (Å²) >= 11 is 1.51. The number of benzene rings is 1. The standard InChI is InChI=1S/C19H20FN3O2S2/c1-3-26-15-9-16(12-22-11-15)27(24,25)23-13-14(10-21-2)8-19(23)17-6-4-5-7-18(17)20/h4-9,11-13,21H,3,10H2,1-2H3. The lowest BCUT2D eigenvalue weighted by atomic mass is 10.1. The zero-order chi connectivity index (χ0) is 19.4. The van der Waals surface area contributed by atoms with E-state index >= 15 is 0 Å². The molecular formula is C19H20FN3O2S2. The van der Waals surface area contributed by atoms with Crippen LogP contribution in [-0.4, -0.2) is 30.2 Å². The van der Waals surface area contributed by atoms with Crippen molar-refractivity contribution in [1.82, 2.24) is 14.3 Å². The fourth-order valence-corrected chi connectivity index (χ4v) is 4.90. The largest absolute Gasteiger partial charge is 0.316 e. The minimum Gasteiger partial charge on any atom is -0.316 e. The Kier molecular flexibility index (Phi) is 5.98. The quantitative estimate of drug-likeness (QED) is 0.607. The van der Waals surface area contributed by atoms with Crippen molar-refractivity contribution in [3.05, 3.63) is 66.4 Å². The lowest BCUT2D eigenvalue weighted by molar-refractivity contribution is 0.586. The number of thioether (sulfide) groups is 1. The van der Waals surface area contributed by atoms with Crippen LogP contribution in [-0.2, 0) is 16.6 Å². The number of rotatable bonds is 7. The highest BCUT2D eigenvalue weighted by molar-refractivity contribution is 7.99. The maximum atomic E-state index is 14.4. The normalized spacial score (nSPS) is 11.7. The molecule has 0 bridgehead atoms. The third kappa shape index (κ3) is 4.07. The molecule has 0 atom stereocenters. The molecule has 27 heavy (non-hydrogen) atoms. The number of nitrogens with one attached hydrogen (secondary N) is 1. The summed E-state index contributed by atoms with van der Waals surface area (Å²) < 4.78 is 42.1. The molecule has 2 aromatic heterocycles. The molecule has 3 rings (SSSR count). The summed E-state index contributed by atoms with van der Waals surface area (Å²) in [5, 5.41) is 2.99. The molecule has 5 nitrogen and oxygen atoms in total. The Hall–Kier alpha value is -2.16. The molecule has 0 aliphatic carbocycles. The summed E-state index contributed by atoms with van der Waals surface area (Å²) in [6.07, 6.45) is 4.47. The maximum absolute atomic E-state index is 14.4. The Morgan fingerprint density at radius 3 is 2.70 bits per heavy atom. The van der Waals surface area contributed by atoms with Gasteiger partial charge in [-0.3, -0.25) is 4.98 Å². The van der Waals surface area contributed by atoms with Crippen molar-refractivity contribution < 1.29 is 12.8 Å². The van der Waals surface area contributed by atoms with Gasteiger partial charge in [0.25, 0.3) is 10.0 Å². The lowest BCUT2D eigenvalue weighted by Crippen LogP contribution is -2.14. The third-order valence-corrected chi connectivity index (χ3v) is 6.41. The molecule has 1 N–H and O–H groups in total. The van der Waals surface area contributed by atoms with Gasteiger partial charge in [-0.2, -0.15) is 0 Å². The highest BCUT2D eigenvalue weighted by atomic mass is 32.2. The topological polar surface area (TPSA) is 64.0 Å². The molecule has 1 aromatic carbocycles. The fourth-order valence-electron chi connectivity index (χ4n) is 2.76. The number of hydrogen-bond donors (Lipinski definition) is 1. The molecule has 0 saturated carbocycles. The van der Waals surface area contributed by atoms with Crippen LogP contribution in [0.5, 0.6) is 0 Å². The smallest absolute Gasteiger partial charge is 0.269 e. The van der Waals surface area contributed by atoms with Gasteiger partial charge < -0.3 is 5.32 Å². The lowest BCUT2D eigenvalue weighted by Gasteiger charge is -2.11. The van der Waals surface area contributed by atoms with Crippen molar-refractivity contribution in [2.75, 3.05) is 12.8 Å². The number of pyridine rings is 1. The fraction of sp³-hybridized carbons (Fsp3) is 0.211. The van der Waals surface area contributed by atoms with Gasteiger partial charge in [-0.25, -0.2) is 16.8 Å². The molecule has 2 heterocycles. The first-order chi connectivity index (χ1) is 13.0. The Morgan fingerprint density at radius 2 is 2.00 bits per heavy atom. The second kappa shape index (κ2) is 8.24. The van der Waals surface area contributed by atoms with Crippen molar-refractivity contribution in [3.8, 4) is 11.3 Å². The van der Waals surface area contributed by atoms with Gasteiger partial charge in [-0.05, 0) is 42.6 Å². The molecule has 0 spiro atoms. The summed E-state index contributed by atoms with van der Waals surface area (Å²) in [5.41, 5.74) is 1.26. The predicted molar refractivity (Wildman–Crippen MR) is 106 cm³/mol. The Morgan fingerprint density at radius 1 is 1.22 bits per heavy atom. The first-order valence-electron chi connectivity index (χ1n) is 8.41. The zero-order valence-corrected chi connectivity index (χ0v) is 16.6. The van der Waals surface area contributed by atoms with Gasteiger partial charge in [0.05, 0.1) is 5.69 Å². The van der Waals surface area contributed by atoms with Crippen molar-refractivity contribution in [2.24, 2.45) is 0 Å². The van der Waals surface area contributed by atoms with E-state index in [2.05, 4.69) is 10.3 Å². The van der Waals surface area contributed by atoms with E-state index in [9.17, 15) is 12.8 Å². The van der Waals surface area contributed by atoms with E-state index in [4.69, 9.17) is 0 Å². The minimum atomic E-state index is -3.93. The Balaban J connectivity index is 2.17. The molecule has 142 valence electrons. The second-order valence-electron chi connectivity index (χ2n) is 5.83. The van der Waals surface area contributed by atoms with Crippen molar-refractivity contribution >= 4 is 21.8 Å². The van der Waals surface area contributed by atoms with Crippen LogP contribution in [0.25, 0.3) is 11.3 Å². The summed E-state index contributed by atoms with van der Waals surface area (Å²) in [4.78, 5) is 4.90. The first-order valence-corrected chi connectivity index (χ1v) is 10.8. The van der Waals surface area contributed by atoms with Gasteiger partial charge in [0.15, 0.2) is 0 Å². The molecule has 0 aliphatic heterocycles. The number of hydrogen-bond acceptors (Lipinski definition) is 5. The molecule has 0 saturated heterocycles. The summed E-state index contributed by atoms with van der Waals surface area (Å²) in [7, 11) is -2.16. The molecule has 0 fully saturated rings. The molecule has 0 aliphatic rings. The van der Waals surface area contributed by atoms with E-state index < -0.39 is 15.8 Å². The van der Waals surface area contributed by atoms with Crippen LogP contribution >= 0.6 is 11.8 Å². The molecule has 3 aromatic rings. The molecule has 0 amide bonds. The van der Waals surface area contributed by atoms with E-state index in [0.717, 1.165) is 20.2 Å². The highest BCUT2D eigenvalue weighted by Gasteiger charge is 2.23. The van der Waals surface area contributed by atoms with E-state index in [1.807, 2.05) is 6.92 Å². The summed E-state index contributed by atoms with van der Waals surface area (Å²) in [6, 6.07) is 9.42. The van der Waals surface area contributed by atoms with Crippen LogP contribution in [0.1, 0.15) is 12.5 Å². The van der Waals surface area contributed by atoms with Gasteiger partial charge >= 0.3 is 0 Å². The first kappa shape index (κ1) is 19.6. The van der Waals surface area contributed by atoms with Crippen LogP contribution < -0.4 is 5.32 Å². The van der Waals surface area contributed by atoms with Gasteiger partial charge in [-0.15, -0.1) is 11.8 Å². The highest BCUT2D eigenvalue weighted by Crippen LogP contribution is 2.30. The van der Waals surface area contributed by atoms with Gasteiger partial charge in [0.2, 0.25) is 0 Å². The molecule has 0 radical (unpaired) electrons. The number of halogens is 1. The zero-order valence-electron chi connectivity index (χ0n) is 15.0. The number of aromatic nitrogens is 2. The van der Waals surface area contributed by atoms with E-state index in [-0.39, 0.29) is 16.2 Å². The Bertz CT molecular complexity index is 1050. The minimum absolute atomic E-state index is 0.0742. The molecule has 8 heteroatoms. The van der Waals surface area contributed by atoms with Crippen LogP contribution in [0.15, 0.2) is 64.8 Å². The van der Waals surface area contributed by atoms with Gasteiger partial charge in [0, 0.05) is 35.6 Å². The van der Waals surface area contributed by atoms with Crippen molar-refractivity contribution in [3.63, 3.8) is 0 Å². The van der Waals surface area contributed by atoms with Crippen LogP contribution in [0.3, 0.4) is 0 Å². The van der Waals surface area contributed by atoms with E-state index in [0.29, 0.717) is 6.54 Å². The maximum Gasteiger partial charge on any atom is 0.269 e. The predicted octanol–water partition coefficient (Wildman–Crippen LogP) is 3.76. The molecular weight excluding hydrogens is 385 g/mol. The van der Waals surface area contributed by atoms with Crippen molar-refractivity contribution in [2.45, 2.75) is 23.3 Å². The summed E-state index contributed by atoms with van der Waals surface area (Å²) in [6.45, 7) is 2.45. The van der Waals surface area contributed by atoms with E-state index in [1.165, 1.54) is 30.2 Å². The average molecular weight is 406 g/mol. The van der Waals surface area contributed by atoms with Crippen LogP contribution in [0, 0.1) is 5.82 Å². The van der Waals surface area contributed by atoms with Crippen LogP contribution in [0.4, 0.5) is 4.39 Å². The third-order valence-electron chi connectivity index (χ3n) is 3.93. The molecule has 0 unspecified atom stereocenters. The van der Waals surface area contributed by atoms with Gasteiger partial charge in [-0.1, -0.05) is 19.1 Å². The number of nitrogens with zero attached hydrogens (tertiary/aromatic N) is 2. The average Bonchev–Trinajstić information content (AvgIpc) is 3.07. The second-order valence-corrected chi connectivity index (χ2v) is 8.99. The van der Waals surface area contributed by atoms with E-state index in [1.54, 1.807) is 43.6 Å².